The molecule has 11 heteroatoms. The number of hydrogen-bond donors (Lipinski definition) is 2. The van der Waals surface area contributed by atoms with Gasteiger partial charge in [-0.2, -0.15) is 33.2 Å². The third kappa shape index (κ3) is 6.16. The molecule has 8 nitrogen and oxygen atoms in total. The summed E-state index contributed by atoms with van der Waals surface area (Å²) in [5, 5.41) is 7.09. The van der Waals surface area contributed by atoms with Crippen molar-refractivity contribution in [2.75, 3.05) is 41.9 Å². The summed E-state index contributed by atoms with van der Waals surface area (Å²) in [7, 11) is 0. The lowest BCUT2D eigenvalue weighted by molar-refractivity contribution is -0.137. The molecule has 2 N–H and O–H groups in total. The van der Waals surface area contributed by atoms with E-state index in [-0.39, 0.29) is 11.5 Å². The Labute approximate surface area is 188 Å². The molecule has 0 bridgehead atoms. The normalized spacial score (nSPS) is 14.5. The van der Waals surface area contributed by atoms with Crippen LogP contribution in [-0.4, -0.2) is 47.5 Å². The van der Waals surface area contributed by atoms with Crippen molar-refractivity contribution >= 4 is 24.1 Å². The van der Waals surface area contributed by atoms with Crippen molar-refractivity contribution in [1.29, 1.82) is 0 Å². The number of rotatable bonds is 7. The number of ether oxygens (including phenoxy) is 1. The standard InChI is InChI=1S/C22H22F3N7O/c23-22(24,25)18-9-5-4-8-17(18)15-27-31-20-28-19(26-14-16-6-2-1-3-7-16)29-21(30-20)32-10-12-33-13-11-32/h1-9,15H,10-14H2,(H2,26,28,29,30,31)/b27-15-. The van der Waals surface area contributed by atoms with Crippen LogP contribution >= 0.6 is 0 Å². The van der Waals surface area contributed by atoms with Crippen LogP contribution in [0.4, 0.5) is 31.0 Å². The molecule has 0 radical (unpaired) electrons. The topological polar surface area (TPSA) is 87.6 Å². The number of benzene rings is 2. The molecule has 0 aliphatic carbocycles. The van der Waals surface area contributed by atoms with E-state index in [0.717, 1.165) is 17.8 Å². The van der Waals surface area contributed by atoms with Crippen LogP contribution in [0.2, 0.25) is 0 Å². The van der Waals surface area contributed by atoms with Gasteiger partial charge in [0.15, 0.2) is 0 Å². The summed E-state index contributed by atoms with van der Waals surface area (Å²) in [4.78, 5) is 15.1. The highest BCUT2D eigenvalue weighted by Crippen LogP contribution is 2.31. The summed E-state index contributed by atoms with van der Waals surface area (Å²) < 4.78 is 45.0. The van der Waals surface area contributed by atoms with Gasteiger partial charge in [-0.3, -0.25) is 0 Å². The minimum Gasteiger partial charge on any atom is -0.378 e. The Morgan fingerprint density at radius 1 is 0.939 bits per heavy atom. The predicted octanol–water partition coefficient (Wildman–Crippen LogP) is 3.79. The second-order valence-electron chi connectivity index (χ2n) is 7.18. The van der Waals surface area contributed by atoms with Crippen LogP contribution in [-0.2, 0) is 17.5 Å². The van der Waals surface area contributed by atoms with Gasteiger partial charge in [0.2, 0.25) is 17.8 Å². The minimum atomic E-state index is -4.48. The molecule has 2 aromatic carbocycles. The minimum absolute atomic E-state index is 0.0672. The van der Waals surface area contributed by atoms with Gasteiger partial charge in [0.25, 0.3) is 0 Å². The Morgan fingerprint density at radius 3 is 2.39 bits per heavy atom. The Hall–Kier alpha value is -3.73. The van der Waals surface area contributed by atoms with Gasteiger partial charge in [0, 0.05) is 25.2 Å². The molecular weight excluding hydrogens is 435 g/mol. The Kier molecular flexibility index (Phi) is 6.98. The number of nitrogens with zero attached hydrogens (tertiary/aromatic N) is 5. The van der Waals surface area contributed by atoms with Gasteiger partial charge in [-0.15, -0.1) is 0 Å². The first-order valence-corrected chi connectivity index (χ1v) is 10.3. The molecule has 33 heavy (non-hydrogen) atoms. The Bertz CT molecular complexity index is 1090. The van der Waals surface area contributed by atoms with Crippen LogP contribution in [0.25, 0.3) is 0 Å². The second kappa shape index (κ2) is 10.3. The van der Waals surface area contributed by atoms with Crippen LogP contribution in [0.5, 0.6) is 0 Å². The van der Waals surface area contributed by atoms with E-state index in [1.165, 1.54) is 18.2 Å². The fraction of sp³-hybridized carbons (Fsp3) is 0.273. The van der Waals surface area contributed by atoms with E-state index < -0.39 is 11.7 Å². The third-order valence-electron chi connectivity index (χ3n) is 4.85. The molecule has 1 aromatic heterocycles. The quantitative estimate of drug-likeness (QED) is 0.412. The van der Waals surface area contributed by atoms with Crippen LogP contribution in [0.1, 0.15) is 16.7 Å². The van der Waals surface area contributed by atoms with Gasteiger partial charge in [-0.25, -0.2) is 5.43 Å². The smallest absolute Gasteiger partial charge is 0.378 e. The van der Waals surface area contributed by atoms with Gasteiger partial charge in [-0.05, 0) is 11.6 Å². The van der Waals surface area contributed by atoms with E-state index in [4.69, 9.17) is 4.74 Å². The average Bonchev–Trinajstić information content (AvgIpc) is 2.83. The van der Waals surface area contributed by atoms with Crippen molar-refractivity contribution in [2.45, 2.75) is 12.7 Å². The zero-order valence-electron chi connectivity index (χ0n) is 17.6. The average molecular weight is 457 g/mol. The van der Waals surface area contributed by atoms with Crippen molar-refractivity contribution < 1.29 is 17.9 Å². The van der Waals surface area contributed by atoms with Crippen molar-refractivity contribution in [3.63, 3.8) is 0 Å². The van der Waals surface area contributed by atoms with Crippen LogP contribution in [0, 0.1) is 0 Å². The molecule has 0 spiro atoms. The van der Waals surface area contributed by atoms with Crippen LogP contribution < -0.4 is 15.6 Å². The summed E-state index contributed by atoms with van der Waals surface area (Å²) in [6.07, 6.45) is -3.38. The fourth-order valence-corrected chi connectivity index (χ4v) is 3.20. The molecule has 1 saturated heterocycles. The molecule has 172 valence electrons. The fourth-order valence-electron chi connectivity index (χ4n) is 3.20. The van der Waals surface area contributed by atoms with Gasteiger partial charge in [-0.1, -0.05) is 48.5 Å². The largest absolute Gasteiger partial charge is 0.417 e. The zero-order valence-corrected chi connectivity index (χ0v) is 17.6. The monoisotopic (exact) mass is 457 g/mol. The van der Waals surface area contributed by atoms with Gasteiger partial charge < -0.3 is 15.0 Å². The van der Waals surface area contributed by atoms with Crippen molar-refractivity contribution in [1.82, 2.24) is 15.0 Å². The molecule has 1 fully saturated rings. The Balaban J connectivity index is 1.54. The third-order valence-corrected chi connectivity index (χ3v) is 4.85. The highest BCUT2D eigenvalue weighted by Gasteiger charge is 2.32. The lowest BCUT2D eigenvalue weighted by Crippen LogP contribution is -2.37. The maximum Gasteiger partial charge on any atom is 0.417 e. The summed E-state index contributed by atoms with van der Waals surface area (Å²) in [6.45, 7) is 2.82. The highest BCUT2D eigenvalue weighted by molar-refractivity contribution is 5.82. The lowest BCUT2D eigenvalue weighted by atomic mass is 10.1. The van der Waals surface area contributed by atoms with E-state index in [1.807, 2.05) is 35.2 Å². The molecular formula is C22H22F3N7O. The first kappa shape index (κ1) is 22.5. The molecule has 2 heterocycles. The molecule has 3 aromatic rings. The summed E-state index contributed by atoms with van der Waals surface area (Å²) in [5.41, 5.74) is 2.84. The number of morpholine rings is 1. The van der Waals surface area contributed by atoms with E-state index in [1.54, 1.807) is 0 Å². The van der Waals surface area contributed by atoms with Gasteiger partial charge in [0.05, 0.1) is 25.0 Å². The van der Waals surface area contributed by atoms with Gasteiger partial charge >= 0.3 is 6.18 Å². The van der Waals surface area contributed by atoms with E-state index >= 15 is 0 Å². The molecule has 1 aliphatic rings. The molecule has 0 atom stereocenters. The predicted molar refractivity (Wildman–Crippen MR) is 119 cm³/mol. The van der Waals surface area contributed by atoms with E-state index in [2.05, 4.69) is 30.8 Å². The summed E-state index contributed by atoms with van der Waals surface area (Å²) >= 11 is 0. The lowest BCUT2D eigenvalue weighted by Gasteiger charge is -2.27. The van der Waals surface area contributed by atoms with Crippen molar-refractivity contribution in [3.05, 3.63) is 71.3 Å². The summed E-state index contributed by atoms with van der Waals surface area (Å²) in [6, 6.07) is 14.9. The summed E-state index contributed by atoms with van der Waals surface area (Å²) in [5.74, 6) is 0.865. The first-order valence-electron chi connectivity index (χ1n) is 10.3. The van der Waals surface area contributed by atoms with Gasteiger partial charge in [0.1, 0.15) is 0 Å². The van der Waals surface area contributed by atoms with E-state index in [9.17, 15) is 13.2 Å². The molecule has 0 amide bonds. The highest BCUT2D eigenvalue weighted by atomic mass is 19.4. The van der Waals surface area contributed by atoms with Crippen LogP contribution in [0.3, 0.4) is 0 Å². The Morgan fingerprint density at radius 2 is 1.64 bits per heavy atom. The molecule has 4 rings (SSSR count). The molecule has 1 aliphatic heterocycles. The number of alkyl halides is 3. The number of nitrogens with one attached hydrogen (secondary N) is 2. The maximum absolute atomic E-state index is 13.2. The number of halogens is 3. The van der Waals surface area contributed by atoms with E-state index in [0.29, 0.717) is 44.7 Å². The maximum atomic E-state index is 13.2. The number of aromatic nitrogens is 3. The van der Waals surface area contributed by atoms with Crippen LogP contribution in [0.15, 0.2) is 59.7 Å². The first-order chi connectivity index (χ1) is 16.0. The number of anilines is 3. The van der Waals surface area contributed by atoms with Crippen molar-refractivity contribution in [3.8, 4) is 0 Å². The molecule has 0 unspecified atom stereocenters. The zero-order chi connectivity index (χ0) is 23.1. The molecule has 0 saturated carbocycles. The SMILES string of the molecule is FC(F)(F)c1ccccc1/C=N\Nc1nc(NCc2ccccc2)nc(N2CCOCC2)n1. The van der Waals surface area contributed by atoms with Crippen molar-refractivity contribution in [2.24, 2.45) is 5.10 Å². The number of hydrogen-bond acceptors (Lipinski definition) is 8. The second-order valence-corrected chi connectivity index (χ2v) is 7.18. The number of hydrazone groups is 1.